The molecular weight excluding hydrogens is 302 g/mol. The summed E-state index contributed by atoms with van der Waals surface area (Å²) in [7, 11) is 0. The fourth-order valence-electron chi connectivity index (χ4n) is 2.35. The minimum Gasteiger partial charge on any atom is -0.454 e. The van der Waals surface area contributed by atoms with Gasteiger partial charge in [-0.1, -0.05) is 0 Å². The van der Waals surface area contributed by atoms with Crippen LogP contribution in [-0.2, 0) is 16.1 Å². The third-order valence-corrected chi connectivity index (χ3v) is 3.64. The van der Waals surface area contributed by atoms with Crippen LogP contribution in [0.5, 0.6) is 0 Å². The molecule has 1 N–H and O–H groups in total. The van der Waals surface area contributed by atoms with Crippen molar-refractivity contribution in [2.75, 3.05) is 13.2 Å². The van der Waals surface area contributed by atoms with Crippen LogP contribution in [0.15, 0.2) is 21.5 Å². The maximum absolute atomic E-state index is 12.0. The van der Waals surface area contributed by atoms with Crippen LogP contribution in [0.4, 0.5) is 0 Å². The summed E-state index contributed by atoms with van der Waals surface area (Å²) in [6, 6.07) is 1.40. The van der Waals surface area contributed by atoms with Crippen molar-refractivity contribution in [3.05, 3.63) is 45.5 Å². The highest BCUT2D eigenvalue weighted by molar-refractivity contribution is 5.86. The number of nitrogens with zero attached hydrogens (tertiary/aromatic N) is 2. The Balaban J connectivity index is 1.62. The standard InChI is InChI=1S/C15H17N3O5/c1-9-6-13(19)11(18-17-9)7-23-15(20)12-8-22-14(16-12)10-2-4-21-5-3-10/h6,8,10H,2-5,7H2,1H3,(H,17,19). The van der Waals surface area contributed by atoms with E-state index < -0.39 is 5.97 Å². The molecule has 0 spiro atoms. The lowest BCUT2D eigenvalue weighted by Crippen LogP contribution is -2.17. The highest BCUT2D eigenvalue weighted by atomic mass is 16.5. The van der Waals surface area contributed by atoms with Crippen molar-refractivity contribution in [1.29, 1.82) is 0 Å². The fraction of sp³-hybridized carbons (Fsp3) is 0.467. The van der Waals surface area contributed by atoms with Crippen LogP contribution in [0.25, 0.3) is 0 Å². The Hall–Kier alpha value is -2.48. The molecule has 23 heavy (non-hydrogen) atoms. The van der Waals surface area contributed by atoms with Crippen molar-refractivity contribution in [2.45, 2.75) is 32.3 Å². The van der Waals surface area contributed by atoms with E-state index in [1.807, 2.05) is 0 Å². The molecule has 0 atom stereocenters. The van der Waals surface area contributed by atoms with Crippen LogP contribution in [0.3, 0.4) is 0 Å². The number of aromatic amines is 1. The topological polar surface area (TPSA) is 107 Å². The van der Waals surface area contributed by atoms with Gasteiger partial charge in [0.2, 0.25) is 5.43 Å². The average Bonchev–Trinajstić information content (AvgIpc) is 3.05. The first kappa shape index (κ1) is 15.4. The Morgan fingerprint density at radius 2 is 2.22 bits per heavy atom. The molecule has 0 saturated carbocycles. The highest BCUT2D eigenvalue weighted by Crippen LogP contribution is 2.26. The zero-order chi connectivity index (χ0) is 16.2. The van der Waals surface area contributed by atoms with Gasteiger partial charge >= 0.3 is 5.97 Å². The van der Waals surface area contributed by atoms with E-state index in [-0.39, 0.29) is 29.3 Å². The highest BCUT2D eigenvalue weighted by Gasteiger charge is 2.23. The van der Waals surface area contributed by atoms with E-state index in [0.29, 0.717) is 24.8 Å². The number of hydrogen-bond acceptors (Lipinski definition) is 7. The van der Waals surface area contributed by atoms with Gasteiger partial charge in [-0.15, -0.1) is 0 Å². The fourth-order valence-corrected chi connectivity index (χ4v) is 2.35. The number of rotatable bonds is 4. The zero-order valence-electron chi connectivity index (χ0n) is 12.7. The number of oxazole rings is 1. The number of ether oxygens (including phenoxy) is 2. The lowest BCUT2D eigenvalue weighted by atomic mass is 10.0. The molecule has 0 unspecified atom stereocenters. The number of carbonyl (C=O) groups is 1. The van der Waals surface area contributed by atoms with E-state index in [9.17, 15) is 9.59 Å². The van der Waals surface area contributed by atoms with E-state index in [0.717, 1.165) is 12.8 Å². The van der Waals surface area contributed by atoms with Gasteiger partial charge in [-0.3, -0.25) is 9.89 Å². The van der Waals surface area contributed by atoms with E-state index >= 15 is 0 Å². The van der Waals surface area contributed by atoms with Crippen LogP contribution in [0.1, 0.15) is 46.5 Å². The molecule has 1 aliphatic heterocycles. The van der Waals surface area contributed by atoms with E-state index in [4.69, 9.17) is 13.9 Å². The lowest BCUT2D eigenvalue weighted by Gasteiger charge is -2.18. The van der Waals surface area contributed by atoms with E-state index in [1.165, 1.54) is 12.3 Å². The summed E-state index contributed by atoms with van der Waals surface area (Å²) in [5, 5.41) is 6.51. The second kappa shape index (κ2) is 6.74. The average molecular weight is 319 g/mol. The molecule has 0 aromatic carbocycles. The molecule has 2 aromatic rings. The molecule has 8 nitrogen and oxygen atoms in total. The van der Waals surface area contributed by atoms with Crippen molar-refractivity contribution in [3.63, 3.8) is 0 Å². The SMILES string of the molecule is Cc1cc(=O)c(COC(=O)c2coc(C3CCOCC3)n2)n[nH]1. The van der Waals surface area contributed by atoms with Gasteiger partial charge in [-0.25, -0.2) is 9.78 Å². The summed E-state index contributed by atoms with van der Waals surface area (Å²) in [5.74, 6) is 0.0345. The van der Waals surface area contributed by atoms with Crippen LogP contribution in [-0.4, -0.2) is 34.4 Å². The van der Waals surface area contributed by atoms with Gasteiger partial charge in [0.25, 0.3) is 0 Å². The molecule has 8 heteroatoms. The van der Waals surface area contributed by atoms with E-state index in [2.05, 4.69) is 15.2 Å². The first-order valence-electron chi connectivity index (χ1n) is 7.39. The second-order valence-corrected chi connectivity index (χ2v) is 5.40. The maximum atomic E-state index is 12.0. The Kier molecular flexibility index (Phi) is 4.52. The molecule has 3 rings (SSSR count). The van der Waals surface area contributed by atoms with Crippen molar-refractivity contribution in [2.24, 2.45) is 0 Å². The summed E-state index contributed by atoms with van der Waals surface area (Å²) in [5.41, 5.74) is 0.590. The number of carbonyl (C=O) groups excluding carboxylic acids is 1. The third kappa shape index (κ3) is 3.65. The summed E-state index contributed by atoms with van der Waals surface area (Å²) in [6.07, 6.45) is 2.91. The number of esters is 1. The normalized spacial score (nSPS) is 15.5. The van der Waals surface area contributed by atoms with Gasteiger partial charge in [0.1, 0.15) is 18.6 Å². The maximum Gasteiger partial charge on any atom is 0.360 e. The molecule has 0 amide bonds. The number of nitrogens with one attached hydrogen (secondary N) is 1. The first-order valence-corrected chi connectivity index (χ1v) is 7.39. The molecule has 0 aliphatic carbocycles. The summed E-state index contributed by atoms with van der Waals surface area (Å²) in [4.78, 5) is 27.8. The van der Waals surface area contributed by atoms with Gasteiger partial charge in [-0.05, 0) is 19.8 Å². The number of hydrogen-bond donors (Lipinski definition) is 1. The Morgan fingerprint density at radius 1 is 1.43 bits per heavy atom. The van der Waals surface area contributed by atoms with Crippen molar-refractivity contribution >= 4 is 5.97 Å². The first-order chi connectivity index (χ1) is 11.1. The van der Waals surface area contributed by atoms with Crippen molar-refractivity contribution < 1.29 is 18.7 Å². The van der Waals surface area contributed by atoms with Gasteiger partial charge in [0, 0.05) is 30.9 Å². The minimum absolute atomic E-state index is 0.0926. The monoisotopic (exact) mass is 319 g/mol. The lowest BCUT2D eigenvalue weighted by molar-refractivity contribution is 0.0458. The molecule has 1 fully saturated rings. The molecule has 1 aliphatic rings. The van der Waals surface area contributed by atoms with Gasteiger partial charge in [0.15, 0.2) is 11.6 Å². The van der Waals surface area contributed by atoms with Crippen LogP contribution < -0.4 is 5.43 Å². The van der Waals surface area contributed by atoms with Crippen LogP contribution in [0, 0.1) is 6.92 Å². The van der Waals surface area contributed by atoms with Crippen LogP contribution in [0.2, 0.25) is 0 Å². The smallest absolute Gasteiger partial charge is 0.360 e. The summed E-state index contributed by atoms with van der Waals surface area (Å²) in [6.45, 7) is 2.83. The van der Waals surface area contributed by atoms with Gasteiger partial charge in [0.05, 0.1) is 0 Å². The third-order valence-electron chi connectivity index (χ3n) is 3.64. The molecule has 1 saturated heterocycles. The second-order valence-electron chi connectivity index (χ2n) is 5.40. The molecule has 2 aromatic heterocycles. The van der Waals surface area contributed by atoms with Gasteiger partial charge in [-0.2, -0.15) is 5.10 Å². The molecule has 122 valence electrons. The Morgan fingerprint density at radius 3 is 2.96 bits per heavy atom. The zero-order valence-corrected chi connectivity index (χ0v) is 12.7. The Bertz CT molecular complexity index is 746. The largest absolute Gasteiger partial charge is 0.454 e. The number of aryl methyl sites for hydroxylation is 1. The Labute approximate surface area is 131 Å². The number of aromatic nitrogens is 3. The van der Waals surface area contributed by atoms with Gasteiger partial charge < -0.3 is 13.9 Å². The molecule has 0 radical (unpaired) electrons. The van der Waals surface area contributed by atoms with Crippen LogP contribution >= 0.6 is 0 Å². The summed E-state index contributed by atoms with van der Waals surface area (Å²) < 4.78 is 15.7. The molecular formula is C15H17N3O5. The molecule has 3 heterocycles. The summed E-state index contributed by atoms with van der Waals surface area (Å²) >= 11 is 0. The minimum atomic E-state index is -0.645. The number of H-pyrrole nitrogens is 1. The van der Waals surface area contributed by atoms with E-state index in [1.54, 1.807) is 6.92 Å². The van der Waals surface area contributed by atoms with Crippen molar-refractivity contribution in [1.82, 2.24) is 15.2 Å². The predicted molar refractivity (Wildman–Crippen MR) is 78.0 cm³/mol. The predicted octanol–water partition coefficient (Wildman–Crippen LogP) is 1.32. The molecule has 0 bridgehead atoms. The van der Waals surface area contributed by atoms with Crippen molar-refractivity contribution in [3.8, 4) is 0 Å². The quantitative estimate of drug-likeness (QED) is 0.847.